The summed E-state index contributed by atoms with van der Waals surface area (Å²) in [7, 11) is 0. The molecule has 1 saturated heterocycles. The second-order valence-electron chi connectivity index (χ2n) is 4.99. The zero-order valence-corrected chi connectivity index (χ0v) is 12.9. The number of amides is 1. The number of carbonyl (C=O) groups excluding carboxylic acids is 1. The van der Waals surface area contributed by atoms with Crippen LogP contribution >= 0.6 is 11.6 Å². The smallest absolute Gasteiger partial charge is 0.234 e. The van der Waals surface area contributed by atoms with Gasteiger partial charge < -0.3 is 10.2 Å². The number of rotatable bonds is 4. The SMILES string of the molecule is CCNC(=O)CN1CCN(c2ccc(Cl)cc2C#N)CC1. The third kappa shape index (κ3) is 4.10. The molecule has 2 rings (SSSR count). The first-order valence-electron chi connectivity index (χ1n) is 7.07. The molecular weight excluding hydrogens is 288 g/mol. The minimum atomic E-state index is 0.0650. The first-order valence-corrected chi connectivity index (χ1v) is 7.45. The number of nitrogens with zero attached hydrogens (tertiary/aromatic N) is 3. The third-order valence-electron chi connectivity index (χ3n) is 3.53. The average molecular weight is 307 g/mol. The average Bonchev–Trinajstić information content (AvgIpc) is 2.48. The molecule has 21 heavy (non-hydrogen) atoms. The summed E-state index contributed by atoms with van der Waals surface area (Å²) in [6, 6.07) is 7.58. The van der Waals surface area contributed by atoms with Gasteiger partial charge in [0.25, 0.3) is 0 Å². The van der Waals surface area contributed by atoms with E-state index in [-0.39, 0.29) is 5.91 Å². The maximum absolute atomic E-state index is 11.6. The summed E-state index contributed by atoms with van der Waals surface area (Å²) >= 11 is 5.92. The molecule has 6 heteroatoms. The number of likely N-dealkylation sites (N-methyl/N-ethyl adjacent to an activating group) is 1. The van der Waals surface area contributed by atoms with Crippen LogP contribution in [0.4, 0.5) is 5.69 Å². The van der Waals surface area contributed by atoms with E-state index in [1.807, 2.05) is 13.0 Å². The predicted octanol–water partition coefficient (Wildman–Crippen LogP) is 1.47. The van der Waals surface area contributed by atoms with Crippen molar-refractivity contribution in [1.29, 1.82) is 5.26 Å². The van der Waals surface area contributed by atoms with Crippen molar-refractivity contribution >= 4 is 23.2 Å². The van der Waals surface area contributed by atoms with Crippen molar-refractivity contribution in [2.45, 2.75) is 6.92 Å². The van der Waals surface area contributed by atoms with Gasteiger partial charge in [-0.1, -0.05) is 11.6 Å². The summed E-state index contributed by atoms with van der Waals surface area (Å²) < 4.78 is 0. The summed E-state index contributed by atoms with van der Waals surface area (Å²) in [5, 5.41) is 12.6. The normalized spacial score (nSPS) is 15.6. The Labute approximate surface area is 130 Å². The van der Waals surface area contributed by atoms with Crippen LogP contribution in [0.15, 0.2) is 18.2 Å². The summed E-state index contributed by atoms with van der Waals surface area (Å²) in [5.74, 6) is 0.0650. The highest BCUT2D eigenvalue weighted by atomic mass is 35.5. The van der Waals surface area contributed by atoms with E-state index in [0.29, 0.717) is 23.7 Å². The van der Waals surface area contributed by atoms with E-state index in [2.05, 4.69) is 21.2 Å². The molecule has 0 radical (unpaired) electrons. The standard InChI is InChI=1S/C15H19ClN4O/c1-2-18-15(21)11-19-5-7-20(8-6-19)14-4-3-13(16)9-12(14)10-17/h3-4,9H,2,5-8,11H2,1H3,(H,18,21). The third-order valence-corrected chi connectivity index (χ3v) is 3.77. The Morgan fingerprint density at radius 1 is 1.38 bits per heavy atom. The zero-order chi connectivity index (χ0) is 15.2. The van der Waals surface area contributed by atoms with Crippen LogP contribution in [-0.4, -0.2) is 50.1 Å². The van der Waals surface area contributed by atoms with Crippen molar-refractivity contribution in [2.24, 2.45) is 0 Å². The zero-order valence-electron chi connectivity index (χ0n) is 12.1. The largest absolute Gasteiger partial charge is 0.368 e. The van der Waals surface area contributed by atoms with E-state index >= 15 is 0 Å². The molecule has 1 aromatic rings. The summed E-state index contributed by atoms with van der Waals surface area (Å²) in [6.45, 7) is 6.24. The fourth-order valence-electron chi connectivity index (χ4n) is 2.48. The topological polar surface area (TPSA) is 59.4 Å². The highest BCUT2D eigenvalue weighted by molar-refractivity contribution is 6.30. The molecule has 0 bridgehead atoms. The number of nitriles is 1. The van der Waals surface area contributed by atoms with Gasteiger partial charge in [0.1, 0.15) is 6.07 Å². The fraction of sp³-hybridized carbons (Fsp3) is 0.467. The van der Waals surface area contributed by atoms with E-state index in [9.17, 15) is 10.1 Å². The van der Waals surface area contributed by atoms with Gasteiger partial charge in [0, 0.05) is 37.7 Å². The van der Waals surface area contributed by atoms with Crippen molar-refractivity contribution in [3.63, 3.8) is 0 Å². The lowest BCUT2D eigenvalue weighted by molar-refractivity contribution is -0.122. The minimum Gasteiger partial charge on any atom is -0.368 e. The van der Waals surface area contributed by atoms with Crippen molar-refractivity contribution in [1.82, 2.24) is 10.2 Å². The number of nitrogens with one attached hydrogen (secondary N) is 1. The van der Waals surface area contributed by atoms with Crippen LogP contribution in [0, 0.1) is 11.3 Å². The number of halogens is 1. The molecule has 0 atom stereocenters. The van der Waals surface area contributed by atoms with Crippen LogP contribution in [0.3, 0.4) is 0 Å². The molecule has 0 spiro atoms. The van der Waals surface area contributed by atoms with Crippen molar-refractivity contribution < 1.29 is 4.79 Å². The molecule has 1 amide bonds. The van der Waals surface area contributed by atoms with Gasteiger partial charge in [-0.25, -0.2) is 0 Å². The summed E-state index contributed by atoms with van der Waals surface area (Å²) in [4.78, 5) is 15.9. The van der Waals surface area contributed by atoms with Gasteiger partial charge in [0.2, 0.25) is 5.91 Å². The number of hydrogen-bond acceptors (Lipinski definition) is 4. The molecular formula is C15H19ClN4O. The van der Waals surface area contributed by atoms with Crippen LogP contribution in [0.25, 0.3) is 0 Å². The Bertz CT molecular complexity index is 547. The Morgan fingerprint density at radius 2 is 2.10 bits per heavy atom. The molecule has 5 nitrogen and oxygen atoms in total. The maximum atomic E-state index is 11.6. The number of anilines is 1. The first kappa shape index (κ1) is 15.6. The fourth-order valence-corrected chi connectivity index (χ4v) is 2.65. The lowest BCUT2D eigenvalue weighted by atomic mass is 10.1. The molecule has 1 fully saturated rings. The highest BCUT2D eigenvalue weighted by Gasteiger charge is 2.20. The molecule has 1 heterocycles. The summed E-state index contributed by atoms with van der Waals surface area (Å²) in [5.41, 5.74) is 1.51. The first-order chi connectivity index (χ1) is 10.1. The molecule has 0 aromatic heterocycles. The molecule has 1 aliphatic heterocycles. The summed E-state index contributed by atoms with van der Waals surface area (Å²) in [6.07, 6.45) is 0. The van der Waals surface area contributed by atoms with Gasteiger partial charge in [-0.15, -0.1) is 0 Å². The number of piperazine rings is 1. The van der Waals surface area contributed by atoms with Gasteiger partial charge in [0.15, 0.2) is 0 Å². The van der Waals surface area contributed by atoms with E-state index in [1.165, 1.54) is 0 Å². The van der Waals surface area contributed by atoms with Crippen LogP contribution in [-0.2, 0) is 4.79 Å². The monoisotopic (exact) mass is 306 g/mol. The van der Waals surface area contributed by atoms with Crippen molar-refractivity contribution in [2.75, 3.05) is 44.2 Å². The lowest BCUT2D eigenvalue weighted by Crippen LogP contribution is -2.49. The molecule has 0 saturated carbocycles. The molecule has 112 valence electrons. The number of hydrogen-bond donors (Lipinski definition) is 1. The van der Waals surface area contributed by atoms with Crippen molar-refractivity contribution in [3.8, 4) is 6.07 Å². The van der Waals surface area contributed by atoms with E-state index in [1.54, 1.807) is 12.1 Å². The Balaban J connectivity index is 1.95. The molecule has 1 N–H and O–H groups in total. The molecule has 1 aromatic carbocycles. The van der Waals surface area contributed by atoms with Crippen LogP contribution < -0.4 is 10.2 Å². The lowest BCUT2D eigenvalue weighted by Gasteiger charge is -2.36. The molecule has 1 aliphatic rings. The minimum absolute atomic E-state index is 0.0650. The molecule has 0 unspecified atom stereocenters. The van der Waals surface area contributed by atoms with Crippen LogP contribution in [0.5, 0.6) is 0 Å². The Hall–Kier alpha value is -1.77. The number of carbonyl (C=O) groups is 1. The van der Waals surface area contributed by atoms with Gasteiger partial charge in [-0.2, -0.15) is 5.26 Å². The van der Waals surface area contributed by atoms with Crippen molar-refractivity contribution in [3.05, 3.63) is 28.8 Å². The quantitative estimate of drug-likeness (QED) is 0.915. The van der Waals surface area contributed by atoms with Crippen LogP contribution in [0.1, 0.15) is 12.5 Å². The predicted molar refractivity (Wildman–Crippen MR) is 83.5 cm³/mol. The Kier molecular flexibility index (Phi) is 5.43. The van der Waals surface area contributed by atoms with Gasteiger partial charge in [0.05, 0.1) is 17.8 Å². The van der Waals surface area contributed by atoms with Gasteiger partial charge in [-0.3, -0.25) is 9.69 Å². The van der Waals surface area contributed by atoms with Gasteiger partial charge in [-0.05, 0) is 25.1 Å². The van der Waals surface area contributed by atoms with Gasteiger partial charge >= 0.3 is 0 Å². The number of benzene rings is 1. The molecule has 0 aliphatic carbocycles. The van der Waals surface area contributed by atoms with E-state index < -0.39 is 0 Å². The van der Waals surface area contributed by atoms with Crippen LogP contribution in [0.2, 0.25) is 5.02 Å². The second kappa shape index (κ2) is 7.30. The van der Waals surface area contributed by atoms with E-state index in [4.69, 9.17) is 11.6 Å². The maximum Gasteiger partial charge on any atom is 0.234 e. The Morgan fingerprint density at radius 3 is 2.71 bits per heavy atom. The van der Waals surface area contributed by atoms with E-state index in [0.717, 1.165) is 31.9 Å². The highest BCUT2D eigenvalue weighted by Crippen LogP contribution is 2.24. The second-order valence-corrected chi connectivity index (χ2v) is 5.43.